The van der Waals surface area contributed by atoms with Crippen LogP contribution in [0.15, 0.2) is 78.9 Å². The summed E-state index contributed by atoms with van der Waals surface area (Å²) in [6.45, 7) is 1.60. The molecule has 0 atom stereocenters. The molecule has 4 aromatic rings. The summed E-state index contributed by atoms with van der Waals surface area (Å²) in [6, 6.07) is 25.8. The number of halogens is 1. The molecule has 0 bridgehead atoms. The number of primary amides is 1. The van der Waals surface area contributed by atoms with Crippen molar-refractivity contribution in [3.63, 3.8) is 0 Å². The van der Waals surface area contributed by atoms with E-state index in [1.165, 1.54) is 40.9 Å². The number of rotatable bonds is 6. The van der Waals surface area contributed by atoms with Gasteiger partial charge < -0.3 is 21.6 Å². The van der Waals surface area contributed by atoms with Crippen molar-refractivity contribution < 1.29 is 9.90 Å². The Labute approximate surface area is 202 Å². The highest BCUT2D eigenvalue weighted by Gasteiger charge is 2.05. The molecule has 0 aliphatic carbocycles. The zero-order chi connectivity index (χ0) is 24.5. The number of nitriles is 1. The molecule has 0 spiro atoms. The molecule has 6 nitrogen and oxygen atoms in total. The molecule has 0 saturated carbocycles. The van der Waals surface area contributed by atoms with E-state index in [-0.39, 0.29) is 16.9 Å². The number of aromatic hydroxyl groups is 1. The Kier molecular flexibility index (Phi) is 8.36. The van der Waals surface area contributed by atoms with Gasteiger partial charge in [0.1, 0.15) is 11.8 Å². The van der Waals surface area contributed by atoms with Crippen molar-refractivity contribution in [1.82, 2.24) is 5.32 Å². The lowest BCUT2D eigenvalue weighted by Gasteiger charge is -2.10. The molecule has 0 aliphatic heterocycles. The molecule has 0 unspecified atom stereocenters. The van der Waals surface area contributed by atoms with E-state index in [0.717, 1.165) is 29.1 Å². The number of phenols is 1. The number of phenolic OH excluding ortho intramolecular Hbond substituents is 1. The summed E-state index contributed by atoms with van der Waals surface area (Å²) in [5.74, 6) is -0.769. The van der Waals surface area contributed by atoms with Crippen LogP contribution >= 0.6 is 11.6 Å². The number of hydrogen-bond acceptors (Lipinski definition) is 5. The Morgan fingerprint density at radius 2 is 1.74 bits per heavy atom. The summed E-state index contributed by atoms with van der Waals surface area (Å²) in [4.78, 5) is 10.6. The third-order valence-electron chi connectivity index (χ3n) is 5.16. The minimum absolute atomic E-state index is 0.0475. The van der Waals surface area contributed by atoms with Gasteiger partial charge in [-0.2, -0.15) is 5.26 Å². The second-order valence-electron chi connectivity index (χ2n) is 7.44. The summed E-state index contributed by atoms with van der Waals surface area (Å²) in [6.07, 6.45) is 1.41. The van der Waals surface area contributed by atoms with Gasteiger partial charge in [0.25, 0.3) is 0 Å². The molecule has 4 rings (SSSR count). The second-order valence-corrected chi connectivity index (χ2v) is 7.88. The lowest BCUT2D eigenvalue weighted by Crippen LogP contribution is -2.12. The van der Waals surface area contributed by atoms with Crippen molar-refractivity contribution in [1.29, 1.82) is 10.7 Å². The SMILES string of the molecule is N#Cc1cc(C(N)=O)ccc1O.N=Cc1cccc2c(CNCc3ccc(Cl)cc3)cccc12. The molecule has 34 heavy (non-hydrogen) atoms. The average Bonchev–Trinajstić information content (AvgIpc) is 2.85. The van der Waals surface area contributed by atoms with Gasteiger partial charge in [0.2, 0.25) is 5.91 Å². The van der Waals surface area contributed by atoms with Gasteiger partial charge in [0.15, 0.2) is 0 Å². The topological polar surface area (TPSA) is 123 Å². The number of carbonyl (C=O) groups excluding carboxylic acids is 1. The minimum atomic E-state index is -0.619. The summed E-state index contributed by atoms with van der Waals surface area (Å²) >= 11 is 5.90. The first kappa shape index (κ1) is 24.5. The summed E-state index contributed by atoms with van der Waals surface area (Å²) < 4.78 is 0. The van der Waals surface area contributed by atoms with Crippen LogP contribution in [0.3, 0.4) is 0 Å². The van der Waals surface area contributed by atoms with Gasteiger partial charge in [-0.3, -0.25) is 4.79 Å². The predicted octanol–water partition coefficient (Wildman–Crippen LogP) is 5.14. The Hall–Kier alpha value is -4.18. The average molecular weight is 471 g/mol. The number of nitrogens with zero attached hydrogens (tertiary/aromatic N) is 1. The van der Waals surface area contributed by atoms with E-state index in [2.05, 4.69) is 29.6 Å². The lowest BCUT2D eigenvalue weighted by atomic mass is 10.0. The van der Waals surface area contributed by atoms with Crippen molar-refractivity contribution in [2.45, 2.75) is 13.1 Å². The van der Waals surface area contributed by atoms with Crippen LogP contribution in [0.5, 0.6) is 5.75 Å². The van der Waals surface area contributed by atoms with Crippen molar-refractivity contribution in [2.75, 3.05) is 0 Å². The molecule has 4 aromatic carbocycles. The maximum Gasteiger partial charge on any atom is 0.248 e. The molecule has 170 valence electrons. The number of benzene rings is 4. The van der Waals surface area contributed by atoms with Gasteiger partial charge in [-0.25, -0.2) is 0 Å². The van der Waals surface area contributed by atoms with Crippen molar-refractivity contribution in [3.8, 4) is 11.8 Å². The molecule has 1 amide bonds. The molecule has 5 N–H and O–H groups in total. The summed E-state index contributed by atoms with van der Waals surface area (Å²) in [5.41, 5.74) is 8.63. The fraction of sp³-hybridized carbons (Fsp3) is 0.0741. The van der Waals surface area contributed by atoms with Crippen LogP contribution in [0.1, 0.15) is 32.6 Å². The van der Waals surface area contributed by atoms with E-state index in [0.29, 0.717) is 0 Å². The van der Waals surface area contributed by atoms with Crippen molar-refractivity contribution in [3.05, 3.63) is 112 Å². The highest BCUT2D eigenvalue weighted by molar-refractivity contribution is 6.30. The van der Waals surface area contributed by atoms with Gasteiger partial charge >= 0.3 is 0 Å². The lowest BCUT2D eigenvalue weighted by molar-refractivity contribution is 0.1000. The number of nitrogens with one attached hydrogen (secondary N) is 2. The largest absolute Gasteiger partial charge is 0.507 e. The number of carbonyl (C=O) groups is 1. The van der Waals surface area contributed by atoms with Gasteiger partial charge in [0, 0.05) is 29.9 Å². The zero-order valence-electron chi connectivity index (χ0n) is 18.3. The maximum atomic E-state index is 10.6. The van der Waals surface area contributed by atoms with E-state index < -0.39 is 5.91 Å². The van der Waals surface area contributed by atoms with E-state index in [4.69, 9.17) is 33.1 Å². The van der Waals surface area contributed by atoms with Crippen LogP contribution in [0.4, 0.5) is 0 Å². The van der Waals surface area contributed by atoms with Gasteiger partial charge in [-0.05, 0) is 57.8 Å². The van der Waals surface area contributed by atoms with Crippen LogP contribution in [0.2, 0.25) is 5.02 Å². The fourth-order valence-electron chi connectivity index (χ4n) is 3.40. The Morgan fingerprint density at radius 1 is 1.03 bits per heavy atom. The molecule has 0 saturated heterocycles. The van der Waals surface area contributed by atoms with E-state index in [1.807, 2.05) is 36.4 Å². The van der Waals surface area contributed by atoms with Gasteiger partial charge in [0.05, 0.1) is 5.56 Å². The third-order valence-corrected chi connectivity index (χ3v) is 5.41. The molecular formula is C27H23ClN4O2. The third kappa shape index (κ3) is 6.20. The highest BCUT2D eigenvalue weighted by atomic mass is 35.5. The number of amides is 1. The van der Waals surface area contributed by atoms with Crippen molar-refractivity contribution in [2.24, 2.45) is 5.73 Å². The Bertz CT molecular complexity index is 1360. The highest BCUT2D eigenvalue weighted by Crippen LogP contribution is 2.22. The standard InChI is InChI=1S/C19H17ClN2.C8H6N2O2/c20-17-9-7-14(8-10-17)12-22-13-16-4-2-5-18-15(11-21)3-1-6-19(16)18;9-4-6-3-5(8(10)12)1-2-7(6)11/h1-11,21-22H,12-13H2;1-3,11H,(H2,10,12). The molecule has 0 heterocycles. The van der Waals surface area contributed by atoms with Crippen LogP contribution in [-0.2, 0) is 13.1 Å². The van der Waals surface area contributed by atoms with E-state index in [1.54, 1.807) is 6.07 Å². The smallest absolute Gasteiger partial charge is 0.248 e. The van der Waals surface area contributed by atoms with Crippen LogP contribution < -0.4 is 11.1 Å². The Morgan fingerprint density at radius 3 is 2.41 bits per heavy atom. The number of nitrogens with two attached hydrogens (primary N) is 1. The van der Waals surface area contributed by atoms with Crippen LogP contribution in [0.25, 0.3) is 10.8 Å². The number of fused-ring (bicyclic) bond motifs is 1. The summed E-state index contributed by atoms with van der Waals surface area (Å²) in [7, 11) is 0. The fourth-order valence-corrected chi connectivity index (χ4v) is 3.53. The van der Waals surface area contributed by atoms with Crippen molar-refractivity contribution >= 4 is 34.5 Å². The summed E-state index contributed by atoms with van der Waals surface area (Å²) in [5, 5.41) is 31.6. The minimum Gasteiger partial charge on any atom is -0.507 e. The van der Waals surface area contributed by atoms with Crippen LogP contribution in [0, 0.1) is 16.7 Å². The predicted molar refractivity (Wildman–Crippen MR) is 135 cm³/mol. The molecule has 7 heteroatoms. The van der Waals surface area contributed by atoms with Gasteiger partial charge in [-0.15, -0.1) is 0 Å². The molecule has 0 fully saturated rings. The first-order valence-electron chi connectivity index (χ1n) is 10.4. The number of hydrogen-bond donors (Lipinski definition) is 4. The van der Waals surface area contributed by atoms with Crippen LogP contribution in [-0.4, -0.2) is 17.2 Å². The van der Waals surface area contributed by atoms with E-state index >= 15 is 0 Å². The quantitative estimate of drug-likeness (QED) is 0.291. The molecule has 0 radical (unpaired) electrons. The molecule has 0 aliphatic rings. The zero-order valence-corrected chi connectivity index (χ0v) is 19.0. The maximum absolute atomic E-state index is 10.6. The normalized spacial score (nSPS) is 10.1. The Balaban J connectivity index is 0.000000229. The molecular weight excluding hydrogens is 448 g/mol. The van der Waals surface area contributed by atoms with E-state index in [9.17, 15) is 4.79 Å². The first-order valence-corrected chi connectivity index (χ1v) is 10.8. The second kappa shape index (κ2) is 11.6. The first-order chi connectivity index (χ1) is 16.4. The molecule has 0 aromatic heterocycles. The monoisotopic (exact) mass is 470 g/mol. The van der Waals surface area contributed by atoms with Gasteiger partial charge in [-0.1, -0.05) is 60.1 Å².